The van der Waals surface area contributed by atoms with E-state index in [4.69, 9.17) is 0 Å². The van der Waals surface area contributed by atoms with Crippen LogP contribution in [0.3, 0.4) is 0 Å². The summed E-state index contributed by atoms with van der Waals surface area (Å²) in [5.74, 6) is 0.170. The number of pyridine rings is 1. The summed E-state index contributed by atoms with van der Waals surface area (Å²) in [4.78, 5) is 4.63. The van der Waals surface area contributed by atoms with Crippen molar-refractivity contribution < 1.29 is 9.50 Å². The molecule has 5 nitrogen and oxygen atoms in total. The van der Waals surface area contributed by atoms with Crippen molar-refractivity contribution in [1.82, 2.24) is 20.1 Å². The number of benzene rings is 2. The number of halogens is 1. The monoisotopic (exact) mass is 376 g/mol. The summed E-state index contributed by atoms with van der Waals surface area (Å²) < 4.78 is 16.5. The molecule has 0 radical (unpaired) electrons. The number of fused-ring (bicyclic) bond motifs is 2. The van der Waals surface area contributed by atoms with E-state index < -0.39 is 0 Å². The van der Waals surface area contributed by atoms with Gasteiger partial charge >= 0.3 is 0 Å². The maximum absolute atomic E-state index is 14.8. The minimum atomic E-state index is -0.198. The maximum Gasteiger partial charge on any atom is 0.128 e. The van der Waals surface area contributed by atoms with Crippen LogP contribution in [0.2, 0.25) is 0 Å². The van der Waals surface area contributed by atoms with Gasteiger partial charge in [0.15, 0.2) is 0 Å². The molecule has 0 saturated carbocycles. The van der Waals surface area contributed by atoms with Gasteiger partial charge in [0.25, 0.3) is 0 Å². The number of hydrogen-bond acceptors (Lipinski definition) is 4. The maximum atomic E-state index is 14.8. The molecule has 0 amide bonds. The van der Waals surface area contributed by atoms with Crippen molar-refractivity contribution in [2.45, 2.75) is 18.8 Å². The summed E-state index contributed by atoms with van der Waals surface area (Å²) in [6.45, 7) is 1.85. The van der Waals surface area contributed by atoms with Crippen molar-refractivity contribution in [2.75, 3.05) is 13.1 Å². The minimum Gasteiger partial charge on any atom is -0.507 e. The van der Waals surface area contributed by atoms with E-state index in [1.54, 1.807) is 10.7 Å². The molecule has 0 spiro atoms. The highest BCUT2D eigenvalue weighted by molar-refractivity contribution is 5.89. The van der Waals surface area contributed by atoms with Crippen LogP contribution in [0, 0.1) is 5.82 Å². The quantitative estimate of drug-likeness (QED) is 0.553. The largest absolute Gasteiger partial charge is 0.507 e. The van der Waals surface area contributed by atoms with E-state index in [-0.39, 0.29) is 17.5 Å². The molecule has 0 aliphatic carbocycles. The zero-order valence-corrected chi connectivity index (χ0v) is 15.6. The zero-order chi connectivity index (χ0) is 19.3. The molecule has 0 unspecified atom stereocenters. The molecule has 1 aliphatic heterocycles. The van der Waals surface area contributed by atoms with E-state index in [0.29, 0.717) is 16.8 Å². The van der Waals surface area contributed by atoms with Crippen molar-refractivity contribution >= 4 is 21.8 Å². The fourth-order valence-corrected chi connectivity index (χ4v) is 4.15. The minimum absolute atomic E-state index is 0.116. The number of nitrogens with zero attached hydrogens (tertiary/aromatic N) is 3. The second-order valence-corrected chi connectivity index (χ2v) is 7.52. The molecule has 0 atom stereocenters. The summed E-state index contributed by atoms with van der Waals surface area (Å²) in [5.41, 5.74) is 3.33. The number of phenols is 1. The molecule has 3 heterocycles. The van der Waals surface area contributed by atoms with Gasteiger partial charge in [-0.25, -0.2) is 9.37 Å². The average Bonchev–Trinajstić information content (AvgIpc) is 3.06. The van der Waals surface area contributed by atoms with Crippen LogP contribution in [0.25, 0.3) is 33.1 Å². The van der Waals surface area contributed by atoms with Gasteiger partial charge in [0.05, 0.1) is 16.7 Å². The van der Waals surface area contributed by atoms with E-state index in [1.807, 2.05) is 37.5 Å². The van der Waals surface area contributed by atoms with Crippen LogP contribution < -0.4 is 5.32 Å². The summed E-state index contributed by atoms with van der Waals surface area (Å²) in [6.07, 6.45) is 3.80. The van der Waals surface area contributed by atoms with Crippen LogP contribution in [0.15, 0.2) is 42.6 Å². The molecule has 1 fully saturated rings. The van der Waals surface area contributed by atoms with E-state index >= 15 is 0 Å². The fourth-order valence-electron chi connectivity index (χ4n) is 4.15. The first-order valence-electron chi connectivity index (χ1n) is 9.56. The lowest BCUT2D eigenvalue weighted by molar-refractivity contribution is 0.445. The van der Waals surface area contributed by atoms with Crippen molar-refractivity contribution in [3.05, 3.63) is 54.0 Å². The summed E-state index contributed by atoms with van der Waals surface area (Å²) >= 11 is 0. The van der Waals surface area contributed by atoms with E-state index in [1.165, 1.54) is 6.07 Å². The van der Waals surface area contributed by atoms with Crippen LogP contribution in [-0.4, -0.2) is 33.0 Å². The van der Waals surface area contributed by atoms with Gasteiger partial charge in [0, 0.05) is 41.7 Å². The highest BCUT2D eigenvalue weighted by Gasteiger charge is 2.20. The molecule has 5 rings (SSSR count). The van der Waals surface area contributed by atoms with Gasteiger partial charge < -0.3 is 10.4 Å². The van der Waals surface area contributed by atoms with Crippen molar-refractivity contribution in [1.29, 1.82) is 0 Å². The van der Waals surface area contributed by atoms with E-state index in [2.05, 4.69) is 15.4 Å². The second kappa shape index (κ2) is 6.56. The standard InChI is InChI=1S/C22H21FN4O/c1-27-12-15-9-17(22(28)11-21(15)26-27)19-3-2-14-8-16(13-4-6-24-7-5-13)18(23)10-20(14)25-19/h2-3,8-13,24,28H,4-7H2,1H3. The van der Waals surface area contributed by atoms with Crippen molar-refractivity contribution in [2.24, 2.45) is 7.05 Å². The van der Waals surface area contributed by atoms with Crippen LogP contribution in [-0.2, 0) is 7.05 Å². The Kier molecular flexibility index (Phi) is 4.02. The van der Waals surface area contributed by atoms with Crippen molar-refractivity contribution in [3.63, 3.8) is 0 Å². The van der Waals surface area contributed by atoms with Gasteiger partial charge in [-0.05, 0) is 55.6 Å². The number of nitrogens with one attached hydrogen (secondary N) is 1. The number of rotatable bonds is 2. The van der Waals surface area contributed by atoms with Crippen LogP contribution in [0.1, 0.15) is 24.3 Å². The Morgan fingerprint density at radius 2 is 1.89 bits per heavy atom. The lowest BCUT2D eigenvalue weighted by Gasteiger charge is -2.23. The number of aryl methyl sites for hydroxylation is 1. The molecule has 2 aromatic carbocycles. The topological polar surface area (TPSA) is 63.0 Å². The number of aromatic hydroxyl groups is 1. The molecule has 0 bridgehead atoms. The average molecular weight is 376 g/mol. The third-order valence-corrected chi connectivity index (χ3v) is 5.60. The van der Waals surface area contributed by atoms with Crippen LogP contribution >= 0.6 is 0 Å². The summed E-state index contributed by atoms with van der Waals surface area (Å²) in [7, 11) is 1.84. The molecule has 28 heavy (non-hydrogen) atoms. The number of piperidine rings is 1. The third kappa shape index (κ3) is 2.90. The molecule has 142 valence electrons. The Balaban J connectivity index is 1.59. The van der Waals surface area contributed by atoms with Gasteiger partial charge in [-0.3, -0.25) is 4.68 Å². The number of hydrogen-bond donors (Lipinski definition) is 2. The van der Waals surface area contributed by atoms with E-state index in [0.717, 1.165) is 47.8 Å². The molecular weight excluding hydrogens is 355 g/mol. The Hall–Kier alpha value is -2.99. The van der Waals surface area contributed by atoms with Gasteiger partial charge in [-0.1, -0.05) is 6.07 Å². The van der Waals surface area contributed by atoms with E-state index in [9.17, 15) is 9.50 Å². The highest BCUT2D eigenvalue weighted by atomic mass is 19.1. The second-order valence-electron chi connectivity index (χ2n) is 7.52. The molecule has 6 heteroatoms. The smallest absolute Gasteiger partial charge is 0.128 e. The first kappa shape index (κ1) is 17.1. The molecule has 2 N–H and O–H groups in total. The van der Waals surface area contributed by atoms with Crippen LogP contribution in [0.5, 0.6) is 5.75 Å². The zero-order valence-electron chi connectivity index (χ0n) is 15.6. The first-order chi connectivity index (χ1) is 13.6. The van der Waals surface area contributed by atoms with Gasteiger partial charge in [-0.15, -0.1) is 0 Å². The molecule has 1 saturated heterocycles. The molecule has 2 aromatic heterocycles. The fraction of sp³-hybridized carbons (Fsp3) is 0.273. The summed E-state index contributed by atoms with van der Waals surface area (Å²) in [6, 6.07) is 10.8. The van der Waals surface area contributed by atoms with Crippen LogP contribution in [0.4, 0.5) is 4.39 Å². The lowest BCUT2D eigenvalue weighted by atomic mass is 9.89. The van der Waals surface area contributed by atoms with Crippen molar-refractivity contribution in [3.8, 4) is 17.0 Å². The lowest BCUT2D eigenvalue weighted by Crippen LogP contribution is -2.27. The Labute approximate surface area is 161 Å². The summed E-state index contributed by atoms with van der Waals surface area (Å²) in [5, 5.41) is 19.9. The molecular formula is C22H21FN4O. The predicted molar refractivity (Wildman–Crippen MR) is 108 cm³/mol. The number of aromatic nitrogens is 3. The first-order valence-corrected chi connectivity index (χ1v) is 9.56. The SMILES string of the molecule is Cn1cc2cc(-c3ccc4cc(C5CCNCC5)c(F)cc4n3)c(O)cc2n1. The molecule has 1 aliphatic rings. The van der Waals surface area contributed by atoms with Gasteiger partial charge in [0.2, 0.25) is 0 Å². The Morgan fingerprint density at radius 1 is 1.07 bits per heavy atom. The van der Waals surface area contributed by atoms with Gasteiger partial charge in [0.1, 0.15) is 11.6 Å². The number of phenolic OH excluding ortho intramolecular Hbond substituents is 1. The Bertz CT molecular complexity index is 1190. The highest BCUT2D eigenvalue weighted by Crippen LogP contribution is 2.34. The van der Waals surface area contributed by atoms with Gasteiger partial charge in [-0.2, -0.15) is 5.10 Å². The third-order valence-electron chi connectivity index (χ3n) is 5.60. The molecule has 4 aromatic rings. The normalized spacial score (nSPS) is 15.5. The predicted octanol–water partition coefficient (Wildman–Crippen LogP) is 4.10. The Morgan fingerprint density at radius 3 is 2.71 bits per heavy atom.